The molecule has 1 saturated heterocycles. The Balaban J connectivity index is 1.49. The van der Waals surface area contributed by atoms with Crippen LogP contribution in [0.1, 0.15) is 57.8 Å². The third kappa shape index (κ3) is 3.99. The molecule has 0 aromatic rings. The number of esters is 1. The van der Waals surface area contributed by atoms with Crippen molar-refractivity contribution in [3.63, 3.8) is 0 Å². The number of carbonyl (C=O) groups is 2. The number of carbonyl (C=O) groups excluding carboxylic acids is 2. The van der Waals surface area contributed by atoms with Gasteiger partial charge < -0.3 is 14.4 Å². The second-order valence-corrected chi connectivity index (χ2v) is 7.43. The number of methoxy groups -OCH3 is 1. The van der Waals surface area contributed by atoms with Crippen LogP contribution in [0.15, 0.2) is 0 Å². The number of fused-ring (bicyclic) bond motifs is 1. The van der Waals surface area contributed by atoms with Gasteiger partial charge in [-0.15, -0.1) is 0 Å². The molecule has 130 valence electrons. The van der Waals surface area contributed by atoms with E-state index in [2.05, 4.69) is 0 Å². The molecule has 1 aliphatic heterocycles. The third-order valence-electron chi connectivity index (χ3n) is 5.96. The maximum atomic E-state index is 12.5. The molecule has 0 aromatic heterocycles. The van der Waals surface area contributed by atoms with E-state index in [4.69, 9.17) is 9.47 Å². The average molecular weight is 323 g/mol. The van der Waals surface area contributed by atoms with Crippen LogP contribution >= 0.6 is 0 Å². The molecule has 3 fully saturated rings. The van der Waals surface area contributed by atoms with Gasteiger partial charge in [-0.2, -0.15) is 0 Å². The van der Waals surface area contributed by atoms with Gasteiger partial charge in [0.2, 0.25) is 0 Å². The van der Waals surface area contributed by atoms with Crippen molar-refractivity contribution in [2.45, 2.75) is 63.9 Å². The van der Waals surface area contributed by atoms with Gasteiger partial charge in [0.25, 0.3) is 0 Å². The average Bonchev–Trinajstić information content (AvgIpc) is 2.61. The molecule has 3 rings (SSSR count). The summed E-state index contributed by atoms with van der Waals surface area (Å²) in [5.41, 5.74) is 0. The van der Waals surface area contributed by atoms with Crippen LogP contribution in [0.3, 0.4) is 0 Å². The van der Waals surface area contributed by atoms with Crippen molar-refractivity contribution >= 4 is 12.1 Å². The molecule has 5 nitrogen and oxygen atoms in total. The minimum Gasteiger partial charge on any atom is -0.462 e. The second-order valence-electron chi connectivity index (χ2n) is 7.43. The van der Waals surface area contributed by atoms with Crippen molar-refractivity contribution in [1.29, 1.82) is 0 Å². The lowest BCUT2D eigenvalue weighted by atomic mass is 9.70. The Bertz CT molecular complexity index is 439. The van der Waals surface area contributed by atoms with E-state index in [0.717, 1.165) is 37.5 Å². The summed E-state index contributed by atoms with van der Waals surface area (Å²) in [6.07, 6.45) is 10.0. The van der Waals surface area contributed by atoms with Crippen LogP contribution < -0.4 is 0 Å². The predicted octanol–water partition coefficient (Wildman–Crippen LogP) is 3.37. The summed E-state index contributed by atoms with van der Waals surface area (Å²) in [5.74, 6) is 1.32. The Morgan fingerprint density at radius 2 is 1.74 bits per heavy atom. The van der Waals surface area contributed by atoms with Crippen LogP contribution in [0, 0.1) is 17.8 Å². The Morgan fingerprint density at radius 3 is 2.52 bits per heavy atom. The molecule has 0 unspecified atom stereocenters. The smallest absolute Gasteiger partial charge is 0.409 e. The summed E-state index contributed by atoms with van der Waals surface area (Å²) < 4.78 is 10.6. The Morgan fingerprint density at radius 1 is 0.957 bits per heavy atom. The largest absolute Gasteiger partial charge is 0.462 e. The summed E-state index contributed by atoms with van der Waals surface area (Å²) >= 11 is 0. The molecule has 5 heteroatoms. The number of hydrogen-bond donors (Lipinski definition) is 0. The fourth-order valence-electron chi connectivity index (χ4n) is 4.66. The first-order valence-electron chi connectivity index (χ1n) is 9.20. The quantitative estimate of drug-likeness (QED) is 0.731. The number of hydrogen-bond acceptors (Lipinski definition) is 4. The predicted molar refractivity (Wildman–Crippen MR) is 85.9 cm³/mol. The van der Waals surface area contributed by atoms with Crippen molar-refractivity contribution < 1.29 is 19.1 Å². The van der Waals surface area contributed by atoms with E-state index in [1.165, 1.54) is 39.2 Å². The van der Waals surface area contributed by atoms with E-state index >= 15 is 0 Å². The number of likely N-dealkylation sites (tertiary alicyclic amines) is 1. The molecule has 1 heterocycles. The first-order valence-corrected chi connectivity index (χ1v) is 9.20. The maximum absolute atomic E-state index is 12.5. The first kappa shape index (κ1) is 16.6. The molecular weight excluding hydrogens is 294 g/mol. The number of nitrogens with zero attached hydrogens (tertiary/aromatic N) is 1. The van der Waals surface area contributed by atoms with Crippen LogP contribution in [0.25, 0.3) is 0 Å². The van der Waals surface area contributed by atoms with Gasteiger partial charge in [0.05, 0.1) is 13.0 Å². The Hall–Kier alpha value is -1.26. The van der Waals surface area contributed by atoms with E-state index < -0.39 is 0 Å². The highest BCUT2D eigenvalue weighted by Crippen LogP contribution is 2.41. The zero-order valence-electron chi connectivity index (χ0n) is 14.2. The lowest BCUT2D eigenvalue weighted by molar-refractivity contribution is -0.159. The van der Waals surface area contributed by atoms with E-state index in [-0.39, 0.29) is 24.1 Å². The minimum atomic E-state index is -0.342. The summed E-state index contributed by atoms with van der Waals surface area (Å²) in [7, 11) is 1.38. The van der Waals surface area contributed by atoms with E-state index in [1.54, 1.807) is 4.90 Å². The molecular formula is C18H29NO4. The Labute approximate surface area is 138 Å². The van der Waals surface area contributed by atoms with Crippen molar-refractivity contribution in [3.05, 3.63) is 0 Å². The van der Waals surface area contributed by atoms with Crippen molar-refractivity contribution in [3.8, 4) is 0 Å². The Kier molecular flexibility index (Phi) is 5.44. The van der Waals surface area contributed by atoms with Crippen LogP contribution in [0.5, 0.6) is 0 Å². The number of ether oxygens (including phenoxy) is 2. The van der Waals surface area contributed by atoms with Gasteiger partial charge in [-0.05, 0) is 43.9 Å². The first-order chi connectivity index (χ1) is 11.2. The topological polar surface area (TPSA) is 55.8 Å². The monoisotopic (exact) mass is 323 g/mol. The molecule has 1 amide bonds. The van der Waals surface area contributed by atoms with E-state index in [0.29, 0.717) is 13.1 Å². The van der Waals surface area contributed by atoms with Crippen LogP contribution in [0.2, 0.25) is 0 Å². The molecule has 0 N–H and O–H groups in total. The van der Waals surface area contributed by atoms with Gasteiger partial charge in [-0.1, -0.05) is 25.7 Å². The molecule has 0 bridgehead atoms. The van der Waals surface area contributed by atoms with Gasteiger partial charge in [0.1, 0.15) is 6.10 Å². The molecule has 2 saturated carbocycles. The van der Waals surface area contributed by atoms with Crippen molar-refractivity contribution in [2.75, 3.05) is 20.2 Å². The van der Waals surface area contributed by atoms with E-state index in [9.17, 15) is 9.59 Å². The standard InChI is InChI=1S/C18H29NO4/c1-22-18(21)19-10-4-7-15(12-19)17(20)23-16-9-8-13-5-2-3-6-14(13)11-16/h13-16H,2-12H2,1H3/t13-,14+,15+,16-/m1/s1. The van der Waals surface area contributed by atoms with Gasteiger partial charge in [-0.3, -0.25) is 4.79 Å². The highest BCUT2D eigenvalue weighted by atomic mass is 16.5. The minimum absolute atomic E-state index is 0.0929. The van der Waals surface area contributed by atoms with E-state index in [1.807, 2.05) is 0 Å². The van der Waals surface area contributed by atoms with Gasteiger partial charge in [0, 0.05) is 13.1 Å². The normalized spacial score (nSPS) is 34.4. The van der Waals surface area contributed by atoms with Crippen LogP contribution in [-0.4, -0.2) is 43.3 Å². The summed E-state index contributed by atoms with van der Waals surface area (Å²) in [4.78, 5) is 25.7. The van der Waals surface area contributed by atoms with Crippen molar-refractivity contribution in [2.24, 2.45) is 17.8 Å². The number of rotatable bonds is 2. The molecule has 0 radical (unpaired) electrons. The zero-order chi connectivity index (χ0) is 16.2. The van der Waals surface area contributed by atoms with Gasteiger partial charge >= 0.3 is 12.1 Å². The highest BCUT2D eigenvalue weighted by Gasteiger charge is 2.36. The molecule has 23 heavy (non-hydrogen) atoms. The molecule has 0 aromatic carbocycles. The summed E-state index contributed by atoms with van der Waals surface area (Å²) in [6.45, 7) is 1.11. The second kappa shape index (κ2) is 7.54. The highest BCUT2D eigenvalue weighted by molar-refractivity contribution is 5.75. The maximum Gasteiger partial charge on any atom is 0.409 e. The SMILES string of the molecule is COC(=O)N1CCC[C@H](C(=O)O[C@@H]2CC[C@H]3CCCC[C@H]3C2)C1. The molecule has 2 aliphatic carbocycles. The van der Waals surface area contributed by atoms with Crippen LogP contribution in [0.4, 0.5) is 4.79 Å². The molecule has 0 spiro atoms. The van der Waals surface area contributed by atoms with Crippen LogP contribution in [-0.2, 0) is 14.3 Å². The van der Waals surface area contributed by atoms with Gasteiger partial charge in [-0.25, -0.2) is 4.79 Å². The lowest BCUT2D eigenvalue weighted by Gasteiger charge is -2.39. The molecule has 4 atom stereocenters. The molecule has 3 aliphatic rings. The summed E-state index contributed by atoms with van der Waals surface area (Å²) in [6, 6.07) is 0. The number of piperidine rings is 1. The van der Waals surface area contributed by atoms with Gasteiger partial charge in [0.15, 0.2) is 0 Å². The fourth-order valence-corrected chi connectivity index (χ4v) is 4.66. The summed E-state index contributed by atoms with van der Waals surface area (Å²) in [5, 5.41) is 0. The van der Waals surface area contributed by atoms with Crippen molar-refractivity contribution in [1.82, 2.24) is 4.90 Å². The third-order valence-corrected chi connectivity index (χ3v) is 5.96. The zero-order valence-corrected chi connectivity index (χ0v) is 14.2. The lowest BCUT2D eigenvalue weighted by Crippen LogP contribution is -2.43. The fraction of sp³-hybridized carbons (Fsp3) is 0.889. The number of amides is 1.